The molecule has 0 amide bonds. The summed E-state index contributed by atoms with van der Waals surface area (Å²) in [7, 11) is 0. The van der Waals surface area contributed by atoms with Gasteiger partial charge in [-0.2, -0.15) is 0 Å². The van der Waals surface area contributed by atoms with Gasteiger partial charge in [0, 0.05) is 27.1 Å². The maximum absolute atomic E-state index is 10.9. The lowest BCUT2D eigenvalue weighted by Crippen LogP contribution is -2.63. The predicted molar refractivity (Wildman–Crippen MR) is 123 cm³/mol. The van der Waals surface area contributed by atoms with E-state index < -0.39 is 36.8 Å². The van der Waals surface area contributed by atoms with Crippen LogP contribution in [0, 0.1) is 0 Å². The van der Waals surface area contributed by atoms with E-state index in [-0.39, 0.29) is 12.0 Å². The Labute approximate surface area is 202 Å². The van der Waals surface area contributed by atoms with Crippen LogP contribution in [0.1, 0.15) is 34.5 Å². The number of thiophene rings is 1. The summed E-state index contributed by atoms with van der Waals surface area (Å²) in [5.74, 6) is -1.69. The number of aliphatic hydroxyl groups is 4. The van der Waals surface area contributed by atoms with E-state index in [0.29, 0.717) is 10.6 Å². The van der Waals surface area contributed by atoms with Gasteiger partial charge in [-0.15, -0.1) is 22.7 Å². The number of rotatable bonds is 4. The molecule has 4 heterocycles. The van der Waals surface area contributed by atoms with E-state index in [1.165, 1.54) is 4.88 Å². The Hall–Kier alpha value is -1.40. The Morgan fingerprint density at radius 2 is 1.94 bits per heavy atom. The summed E-state index contributed by atoms with van der Waals surface area (Å²) in [6, 6.07) is 7.79. The van der Waals surface area contributed by atoms with Crippen LogP contribution in [0.3, 0.4) is 0 Å². The monoisotopic (exact) mass is 507 g/mol. The molecule has 1 aliphatic carbocycles. The molecule has 5 atom stereocenters. The molecular weight excluding hydrogens is 486 g/mol. The third-order valence-corrected chi connectivity index (χ3v) is 9.48. The van der Waals surface area contributed by atoms with Crippen LogP contribution in [-0.2, 0) is 27.3 Å². The summed E-state index contributed by atoms with van der Waals surface area (Å²) < 4.78 is 11.8. The van der Waals surface area contributed by atoms with E-state index in [2.05, 4.69) is 6.07 Å². The maximum Gasteiger partial charge on any atom is 0.225 e. The molecule has 1 saturated carbocycles. The van der Waals surface area contributed by atoms with Crippen molar-refractivity contribution in [1.82, 2.24) is 4.98 Å². The highest BCUT2D eigenvalue weighted by atomic mass is 35.5. The van der Waals surface area contributed by atoms with Crippen molar-refractivity contribution >= 4 is 34.3 Å². The summed E-state index contributed by atoms with van der Waals surface area (Å²) in [6.07, 6.45) is -1.93. The number of fused-ring (bicyclic) bond motifs is 2. The Kier molecular flexibility index (Phi) is 5.23. The molecule has 2 fully saturated rings. The van der Waals surface area contributed by atoms with Crippen molar-refractivity contribution in [3.05, 3.63) is 62.6 Å². The molecule has 1 spiro atoms. The van der Waals surface area contributed by atoms with Crippen LogP contribution in [0.5, 0.6) is 0 Å². The van der Waals surface area contributed by atoms with Crippen LogP contribution in [0.25, 0.3) is 9.75 Å². The van der Waals surface area contributed by atoms with Crippen LogP contribution in [0.4, 0.5) is 0 Å². The Bertz CT molecular complexity index is 1190. The molecule has 1 unspecified atom stereocenters. The van der Waals surface area contributed by atoms with Crippen LogP contribution in [0.15, 0.2) is 35.8 Å². The molecule has 4 N–H and O–H groups in total. The molecule has 0 bridgehead atoms. The molecule has 33 heavy (non-hydrogen) atoms. The molecular formula is C23H22ClNO6S2. The molecule has 6 rings (SSSR count). The van der Waals surface area contributed by atoms with E-state index in [1.807, 2.05) is 29.8 Å². The lowest BCUT2D eigenvalue weighted by Gasteiger charge is -2.46. The Balaban J connectivity index is 1.43. The van der Waals surface area contributed by atoms with Gasteiger partial charge in [0.2, 0.25) is 5.79 Å². The molecule has 3 aromatic rings. The summed E-state index contributed by atoms with van der Waals surface area (Å²) in [5, 5.41) is 44.8. The number of hydrogen-bond donors (Lipinski definition) is 4. The SMILES string of the molecule is OC[C@H]1O[C@]2(OCc3cc(Cl)c(C4(c5ncc(-c6cccs6)s5)CC4)cc32)[C@@H](O)C(O)[C@@H]1O. The zero-order valence-corrected chi connectivity index (χ0v) is 19.7. The molecule has 0 radical (unpaired) electrons. The van der Waals surface area contributed by atoms with Crippen molar-refractivity contribution in [3.8, 4) is 9.75 Å². The smallest absolute Gasteiger partial charge is 0.225 e. The van der Waals surface area contributed by atoms with Gasteiger partial charge >= 0.3 is 0 Å². The Morgan fingerprint density at radius 3 is 2.64 bits per heavy atom. The van der Waals surface area contributed by atoms with Crippen molar-refractivity contribution in [3.63, 3.8) is 0 Å². The van der Waals surface area contributed by atoms with Gasteiger partial charge in [0.1, 0.15) is 29.4 Å². The number of nitrogens with zero attached hydrogens (tertiary/aromatic N) is 1. The van der Waals surface area contributed by atoms with Gasteiger partial charge in [0.25, 0.3) is 0 Å². The number of hydrogen-bond acceptors (Lipinski definition) is 9. The first kappa shape index (κ1) is 22.1. The zero-order chi connectivity index (χ0) is 23.0. The third-order valence-electron chi connectivity index (χ3n) is 6.91. The molecule has 2 aromatic heterocycles. The van der Waals surface area contributed by atoms with Crippen LogP contribution in [-0.4, -0.2) is 56.4 Å². The predicted octanol–water partition coefficient (Wildman–Crippen LogP) is 2.76. The highest BCUT2D eigenvalue weighted by Crippen LogP contribution is 2.58. The highest BCUT2D eigenvalue weighted by molar-refractivity contribution is 7.21. The number of halogens is 1. The standard InChI is InChI=1S/C23H22ClNO6S2/c24-14-6-11-10-30-23(20(29)19(28)18(27)15(9-26)31-23)12(11)7-13(14)22(3-4-22)21-25-8-17(33-21)16-2-1-5-32-16/h1-2,5-8,15,18-20,26-29H,3-4,9-10H2/t15-,18-,19?,20+,23+/m1/s1. The maximum atomic E-state index is 10.9. The fourth-order valence-corrected chi connectivity index (χ4v) is 7.29. The van der Waals surface area contributed by atoms with Gasteiger partial charge in [-0.1, -0.05) is 17.7 Å². The minimum atomic E-state index is -1.69. The first-order valence-electron chi connectivity index (χ1n) is 10.7. The van der Waals surface area contributed by atoms with Gasteiger partial charge in [-0.05, 0) is 47.5 Å². The lowest BCUT2D eigenvalue weighted by molar-refractivity contribution is -0.368. The second-order valence-electron chi connectivity index (χ2n) is 8.80. The van der Waals surface area contributed by atoms with E-state index in [1.54, 1.807) is 22.7 Å². The van der Waals surface area contributed by atoms with Gasteiger partial charge in [-0.25, -0.2) is 4.98 Å². The average Bonchev–Trinajstić information content (AvgIpc) is 3.19. The van der Waals surface area contributed by atoms with E-state index in [0.717, 1.165) is 33.9 Å². The number of ether oxygens (including phenoxy) is 2. The lowest BCUT2D eigenvalue weighted by atomic mass is 9.85. The second kappa shape index (κ2) is 7.81. The first-order valence-corrected chi connectivity index (χ1v) is 12.8. The molecule has 2 aliphatic heterocycles. The number of aliphatic hydroxyl groups excluding tert-OH is 4. The van der Waals surface area contributed by atoms with E-state index in [9.17, 15) is 20.4 Å². The van der Waals surface area contributed by atoms with Crippen LogP contribution in [0.2, 0.25) is 5.02 Å². The normalized spacial score (nSPS) is 32.3. The highest BCUT2D eigenvalue weighted by Gasteiger charge is 2.59. The fraction of sp³-hybridized carbons (Fsp3) is 0.435. The summed E-state index contributed by atoms with van der Waals surface area (Å²) in [6.45, 7) is -0.402. The fourth-order valence-electron chi connectivity index (χ4n) is 4.92. The van der Waals surface area contributed by atoms with Crippen molar-refractivity contribution in [2.24, 2.45) is 0 Å². The van der Waals surface area contributed by atoms with Crippen molar-refractivity contribution < 1.29 is 29.9 Å². The van der Waals surface area contributed by atoms with Crippen LogP contribution >= 0.6 is 34.3 Å². The molecule has 1 aromatic carbocycles. The molecule has 3 aliphatic rings. The number of benzene rings is 1. The minimum absolute atomic E-state index is 0.125. The third kappa shape index (κ3) is 3.19. The van der Waals surface area contributed by atoms with Crippen LogP contribution < -0.4 is 0 Å². The zero-order valence-electron chi connectivity index (χ0n) is 17.3. The molecule has 7 nitrogen and oxygen atoms in total. The topological polar surface area (TPSA) is 112 Å². The van der Waals surface area contributed by atoms with Gasteiger partial charge < -0.3 is 29.9 Å². The number of aromatic nitrogens is 1. The summed E-state index contributed by atoms with van der Waals surface area (Å²) >= 11 is 10.1. The van der Waals surface area contributed by atoms with Crippen molar-refractivity contribution in [2.75, 3.05) is 6.61 Å². The second-order valence-corrected chi connectivity index (χ2v) is 11.2. The largest absolute Gasteiger partial charge is 0.394 e. The quantitative estimate of drug-likeness (QED) is 0.429. The average molecular weight is 508 g/mol. The number of thiazole rings is 1. The van der Waals surface area contributed by atoms with E-state index in [4.69, 9.17) is 26.1 Å². The summed E-state index contributed by atoms with van der Waals surface area (Å²) in [5.41, 5.74) is 1.83. The van der Waals surface area contributed by atoms with Crippen molar-refractivity contribution in [1.29, 1.82) is 0 Å². The van der Waals surface area contributed by atoms with Crippen molar-refractivity contribution in [2.45, 2.75) is 55.1 Å². The molecule has 1 saturated heterocycles. The van der Waals surface area contributed by atoms with Gasteiger partial charge in [0.15, 0.2) is 0 Å². The van der Waals surface area contributed by atoms with Gasteiger partial charge in [-0.3, -0.25) is 0 Å². The molecule has 174 valence electrons. The van der Waals surface area contributed by atoms with Gasteiger partial charge in [0.05, 0.1) is 18.1 Å². The first-order chi connectivity index (χ1) is 15.9. The van der Waals surface area contributed by atoms with E-state index >= 15 is 0 Å². The summed E-state index contributed by atoms with van der Waals surface area (Å²) in [4.78, 5) is 7.01. The molecule has 10 heteroatoms. The minimum Gasteiger partial charge on any atom is -0.394 e. The Morgan fingerprint density at radius 1 is 1.12 bits per heavy atom.